The largest absolute Gasteiger partial charge is 0.481 e. The Balaban J connectivity index is 1.92. The zero-order chi connectivity index (χ0) is 14.6. The number of nitrogens with zero attached hydrogens (tertiary/aromatic N) is 1. The van der Waals surface area contributed by atoms with E-state index in [-0.39, 0.29) is 17.8 Å². The molecule has 0 aromatic carbocycles. The molecule has 4 nitrogen and oxygen atoms in total. The summed E-state index contributed by atoms with van der Waals surface area (Å²) in [5, 5.41) is 8.84. The molecule has 1 N–H and O–H groups in total. The second-order valence-corrected chi connectivity index (χ2v) is 6.53. The molecule has 0 aromatic rings. The van der Waals surface area contributed by atoms with Gasteiger partial charge >= 0.3 is 5.97 Å². The molecule has 0 spiro atoms. The van der Waals surface area contributed by atoms with Crippen LogP contribution in [-0.2, 0) is 9.59 Å². The maximum absolute atomic E-state index is 12.8. The molecule has 1 saturated heterocycles. The van der Waals surface area contributed by atoms with E-state index in [0.717, 1.165) is 45.2 Å². The summed E-state index contributed by atoms with van der Waals surface area (Å²) in [7, 11) is 0. The lowest BCUT2D eigenvalue weighted by molar-refractivity contribution is -0.146. The van der Waals surface area contributed by atoms with Crippen molar-refractivity contribution < 1.29 is 14.7 Å². The van der Waals surface area contributed by atoms with Crippen LogP contribution in [0, 0.1) is 11.3 Å². The minimum Gasteiger partial charge on any atom is -0.481 e. The van der Waals surface area contributed by atoms with E-state index in [2.05, 4.69) is 6.92 Å². The average molecular weight is 281 g/mol. The predicted octanol–water partition coefficient (Wildman–Crippen LogP) is 3.06. The van der Waals surface area contributed by atoms with Crippen LogP contribution in [0.5, 0.6) is 0 Å². The van der Waals surface area contributed by atoms with Crippen LogP contribution in [0.15, 0.2) is 0 Å². The Bertz CT molecular complexity index is 353. The summed E-state index contributed by atoms with van der Waals surface area (Å²) < 4.78 is 0. The van der Waals surface area contributed by atoms with Crippen LogP contribution in [0.1, 0.15) is 64.7 Å². The number of likely N-dealkylation sites (tertiary alicyclic amines) is 1. The molecule has 1 amide bonds. The van der Waals surface area contributed by atoms with Gasteiger partial charge in [0.2, 0.25) is 5.91 Å². The zero-order valence-corrected chi connectivity index (χ0v) is 12.6. The van der Waals surface area contributed by atoms with Crippen LogP contribution in [0.25, 0.3) is 0 Å². The first kappa shape index (κ1) is 15.3. The van der Waals surface area contributed by atoms with Gasteiger partial charge in [0.05, 0.1) is 0 Å². The smallest absolute Gasteiger partial charge is 0.303 e. The number of piperidine rings is 1. The molecule has 0 radical (unpaired) electrons. The summed E-state index contributed by atoms with van der Waals surface area (Å²) in [6, 6.07) is 0. The van der Waals surface area contributed by atoms with Gasteiger partial charge in [-0.25, -0.2) is 0 Å². The van der Waals surface area contributed by atoms with E-state index < -0.39 is 5.97 Å². The van der Waals surface area contributed by atoms with E-state index >= 15 is 0 Å². The highest BCUT2D eigenvalue weighted by Crippen LogP contribution is 2.41. The minimum absolute atomic E-state index is 0.113. The van der Waals surface area contributed by atoms with Gasteiger partial charge in [-0.15, -0.1) is 0 Å². The van der Waals surface area contributed by atoms with Crippen LogP contribution in [-0.4, -0.2) is 35.0 Å². The van der Waals surface area contributed by atoms with Crippen molar-refractivity contribution in [3.63, 3.8) is 0 Å². The van der Waals surface area contributed by atoms with Gasteiger partial charge in [-0.2, -0.15) is 0 Å². The Morgan fingerprint density at radius 1 is 1.15 bits per heavy atom. The molecule has 4 heteroatoms. The Hall–Kier alpha value is -1.06. The minimum atomic E-state index is -0.716. The third-order valence-electron chi connectivity index (χ3n) is 5.31. The summed E-state index contributed by atoms with van der Waals surface area (Å²) in [5.41, 5.74) is -0.113. The highest BCUT2D eigenvalue weighted by atomic mass is 16.4. The Labute approximate surface area is 121 Å². The molecule has 0 unspecified atom stereocenters. The number of aliphatic carboxylic acids is 1. The lowest BCUT2D eigenvalue weighted by atomic mass is 9.71. The highest BCUT2D eigenvalue weighted by Gasteiger charge is 2.41. The van der Waals surface area contributed by atoms with Gasteiger partial charge in [0.15, 0.2) is 0 Å². The number of hydrogen-bond donors (Lipinski definition) is 1. The van der Waals surface area contributed by atoms with Crippen molar-refractivity contribution in [3.05, 3.63) is 0 Å². The standard InChI is InChI=1S/C16H27NO3/c1-2-16(8-4-3-5-9-16)15(20)17-10-6-13(7-11-17)12-14(18)19/h13H,2-12H2,1H3,(H,18,19). The van der Waals surface area contributed by atoms with Crippen molar-refractivity contribution in [3.8, 4) is 0 Å². The molecule has 2 rings (SSSR count). The molecule has 1 heterocycles. The van der Waals surface area contributed by atoms with E-state index in [1.165, 1.54) is 19.3 Å². The monoisotopic (exact) mass is 281 g/mol. The zero-order valence-electron chi connectivity index (χ0n) is 12.6. The fraction of sp³-hybridized carbons (Fsp3) is 0.875. The molecule has 20 heavy (non-hydrogen) atoms. The van der Waals surface area contributed by atoms with E-state index in [9.17, 15) is 9.59 Å². The van der Waals surface area contributed by atoms with Crippen LogP contribution in [0.4, 0.5) is 0 Å². The molecule has 0 bridgehead atoms. The second-order valence-electron chi connectivity index (χ2n) is 6.53. The molecule has 1 aliphatic carbocycles. The Morgan fingerprint density at radius 3 is 2.25 bits per heavy atom. The summed E-state index contributed by atoms with van der Waals surface area (Å²) in [6.07, 6.45) is 8.58. The van der Waals surface area contributed by atoms with Gasteiger partial charge in [0, 0.05) is 24.9 Å². The number of rotatable bonds is 4. The quantitative estimate of drug-likeness (QED) is 0.861. The molecular formula is C16H27NO3. The highest BCUT2D eigenvalue weighted by molar-refractivity contribution is 5.83. The first-order valence-electron chi connectivity index (χ1n) is 8.08. The van der Waals surface area contributed by atoms with Crippen LogP contribution in [0.2, 0.25) is 0 Å². The van der Waals surface area contributed by atoms with E-state index in [1.807, 2.05) is 4.90 Å². The number of carboxylic acid groups (broad SMARTS) is 1. The lowest BCUT2D eigenvalue weighted by Crippen LogP contribution is -2.48. The molecular weight excluding hydrogens is 254 g/mol. The van der Waals surface area contributed by atoms with Crippen molar-refractivity contribution >= 4 is 11.9 Å². The van der Waals surface area contributed by atoms with Crippen molar-refractivity contribution in [1.82, 2.24) is 4.90 Å². The molecule has 0 atom stereocenters. The number of amides is 1. The van der Waals surface area contributed by atoms with Gasteiger partial charge in [0.25, 0.3) is 0 Å². The van der Waals surface area contributed by atoms with Crippen molar-refractivity contribution in [1.29, 1.82) is 0 Å². The van der Waals surface area contributed by atoms with Crippen LogP contribution in [0.3, 0.4) is 0 Å². The first-order chi connectivity index (χ1) is 9.57. The first-order valence-corrected chi connectivity index (χ1v) is 8.08. The maximum atomic E-state index is 12.8. The molecule has 2 aliphatic rings. The van der Waals surface area contributed by atoms with Gasteiger partial charge in [-0.1, -0.05) is 26.2 Å². The summed E-state index contributed by atoms with van der Waals surface area (Å²) >= 11 is 0. The molecule has 1 saturated carbocycles. The second kappa shape index (κ2) is 6.59. The maximum Gasteiger partial charge on any atom is 0.303 e. The summed E-state index contributed by atoms with van der Waals surface area (Å²) in [5.74, 6) is -0.124. The summed E-state index contributed by atoms with van der Waals surface area (Å²) in [4.78, 5) is 25.6. The van der Waals surface area contributed by atoms with Gasteiger partial charge in [0.1, 0.15) is 0 Å². The number of carbonyl (C=O) groups is 2. The SMILES string of the molecule is CCC1(C(=O)N2CCC(CC(=O)O)CC2)CCCCC1. The third kappa shape index (κ3) is 3.33. The number of hydrogen-bond acceptors (Lipinski definition) is 2. The van der Waals surface area contributed by atoms with Crippen LogP contribution < -0.4 is 0 Å². The van der Waals surface area contributed by atoms with Crippen LogP contribution >= 0.6 is 0 Å². The number of carbonyl (C=O) groups excluding carboxylic acids is 1. The molecule has 0 aromatic heterocycles. The summed E-state index contributed by atoms with van der Waals surface area (Å²) in [6.45, 7) is 3.64. The molecule has 114 valence electrons. The van der Waals surface area contributed by atoms with Gasteiger partial charge in [-0.3, -0.25) is 9.59 Å². The number of carboxylic acids is 1. The molecule has 2 fully saturated rings. The fourth-order valence-corrected chi connectivity index (χ4v) is 3.87. The van der Waals surface area contributed by atoms with E-state index in [1.54, 1.807) is 0 Å². The lowest BCUT2D eigenvalue weighted by Gasteiger charge is -2.41. The topological polar surface area (TPSA) is 57.6 Å². The fourth-order valence-electron chi connectivity index (χ4n) is 3.87. The molecule has 1 aliphatic heterocycles. The van der Waals surface area contributed by atoms with Crippen molar-refractivity contribution in [2.24, 2.45) is 11.3 Å². The third-order valence-corrected chi connectivity index (χ3v) is 5.31. The predicted molar refractivity (Wildman–Crippen MR) is 77.4 cm³/mol. The van der Waals surface area contributed by atoms with E-state index in [4.69, 9.17) is 5.11 Å². The Kier molecular flexibility index (Phi) is 5.06. The van der Waals surface area contributed by atoms with Gasteiger partial charge < -0.3 is 10.0 Å². The van der Waals surface area contributed by atoms with Gasteiger partial charge in [-0.05, 0) is 38.0 Å². The average Bonchev–Trinajstić information content (AvgIpc) is 2.47. The van der Waals surface area contributed by atoms with E-state index in [0.29, 0.717) is 5.91 Å². The van der Waals surface area contributed by atoms with Crippen molar-refractivity contribution in [2.45, 2.75) is 64.7 Å². The van der Waals surface area contributed by atoms with Crippen molar-refractivity contribution in [2.75, 3.05) is 13.1 Å². The Morgan fingerprint density at radius 2 is 1.75 bits per heavy atom. The normalized spacial score (nSPS) is 23.6.